The summed E-state index contributed by atoms with van der Waals surface area (Å²) in [5, 5.41) is 10.1. The smallest absolute Gasteiger partial charge is 0.292 e. The number of aromatic nitrogens is 1. The largest absolute Gasteiger partial charge is 0.618 e. The van der Waals surface area contributed by atoms with Crippen LogP contribution in [0.5, 0.6) is 0 Å². The summed E-state index contributed by atoms with van der Waals surface area (Å²) in [6.07, 6.45) is 3.14. The lowest BCUT2D eigenvalue weighted by Gasteiger charge is -1.88. The number of pyridine rings is 1. The van der Waals surface area contributed by atoms with E-state index in [4.69, 9.17) is 0 Å². The van der Waals surface area contributed by atoms with Crippen molar-refractivity contribution in [2.24, 2.45) is 0 Å². The molecule has 0 bridgehead atoms. The van der Waals surface area contributed by atoms with Gasteiger partial charge in [-0.3, -0.25) is 0 Å². The molecule has 1 aromatic heterocycles. The van der Waals surface area contributed by atoms with Gasteiger partial charge in [0.1, 0.15) is 5.82 Å². The summed E-state index contributed by atoms with van der Waals surface area (Å²) in [7, 11) is 0. The summed E-state index contributed by atoms with van der Waals surface area (Å²) in [6.45, 7) is 0. The minimum Gasteiger partial charge on any atom is -0.618 e. The average molecular weight is 112 g/mol. The summed E-state index contributed by atoms with van der Waals surface area (Å²) in [5.74, 6) is -0.447. The zero-order valence-electron chi connectivity index (χ0n) is 3.97. The summed E-state index contributed by atoms with van der Waals surface area (Å²) >= 11 is 0. The van der Waals surface area contributed by atoms with Gasteiger partial charge in [0, 0.05) is 6.07 Å². The molecule has 41 valence electrons. The number of hydrogen-bond donors (Lipinski definition) is 0. The lowest BCUT2D eigenvalue weighted by atomic mass is 10.5. The molecule has 1 radical (unpaired) electrons. The third-order valence-corrected chi connectivity index (χ3v) is 0.699. The predicted molar refractivity (Wildman–Crippen MR) is 24.2 cm³/mol. The Morgan fingerprint density at radius 3 is 2.88 bits per heavy atom. The molecule has 8 heavy (non-hydrogen) atoms. The van der Waals surface area contributed by atoms with Crippen LogP contribution >= 0.6 is 0 Å². The van der Waals surface area contributed by atoms with E-state index in [1.807, 2.05) is 0 Å². The van der Waals surface area contributed by atoms with E-state index in [-0.39, 0.29) is 0 Å². The lowest BCUT2D eigenvalue weighted by Crippen LogP contribution is -2.24. The standard InChI is InChI=1S/C5H3FNO/c6-5-1-3-7(8)4-2-5/h1-3H. The van der Waals surface area contributed by atoms with Crippen LogP contribution in [0.2, 0.25) is 0 Å². The van der Waals surface area contributed by atoms with E-state index in [1.165, 1.54) is 0 Å². The Morgan fingerprint density at radius 2 is 2.50 bits per heavy atom. The number of halogens is 1. The van der Waals surface area contributed by atoms with Gasteiger partial charge in [-0.05, 0) is 0 Å². The topological polar surface area (TPSA) is 26.9 Å². The van der Waals surface area contributed by atoms with E-state index in [2.05, 4.69) is 6.20 Å². The maximum atomic E-state index is 11.9. The van der Waals surface area contributed by atoms with Crippen molar-refractivity contribution in [2.75, 3.05) is 0 Å². The third-order valence-electron chi connectivity index (χ3n) is 0.699. The van der Waals surface area contributed by atoms with Crippen molar-refractivity contribution < 1.29 is 9.12 Å². The molecule has 0 fully saturated rings. The zero-order valence-corrected chi connectivity index (χ0v) is 3.97. The molecule has 0 N–H and O–H groups in total. The van der Waals surface area contributed by atoms with Crippen molar-refractivity contribution in [1.29, 1.82) is 0 Å². The van der Waals surface area contributed by atoms with Gasteiger partial charge in [-0.2, -0.15) is 4.73 Å². The first-order valence-electron chi connectivity index (χ1n) is 2.05. The van der Waals surface area contributed by atoms with Crippen LogP contribution in [0.3, 0.4) is 0 Å². The van der Waals surface area contributed by atoms with E-state index in [0.717, 1.165) is 18.3 Å². The Labute approximate surface area is 45.8 Å². The van der Waals surface area contributed by atoms with Gasteiger partial charge in [0.2, 0.25) is 0 Å². The van der Waals surface area contributed by atoms with Gasteiger partial charge in [0.25, 0.3) is 6.20 Å². The molecular weight excluding hydrogens is 109 g/mol. The van der Waals surface area contributed by atoms with Crippen LogP contribution in [0.15, 0.2) is 18.3 Å². The van der Waals surface area contributed by atoms with Crippen LogP contribution in [-0.4, -0.2) is 0 Å². The molecule has 0 amide bonds. The molecule has 0 aliphatic heterocycles. The van der Waals surface area contributed by atoms with Gasteiger partial charge in [0.15, 0.2) is 6.20 Å². The Bertz CT molecular complexity index is 151. The quantitative estimate of drug-likeness (QED) is 0.349. The molecule has 0 aliphatic rings. The van der Waals surface area contributed by atoms with Crippen molar-refractivity contribution in [1.82, 2.24) is 0 Å². The molecule has 0 unspecified atom stereocenters. The van der Waals surface area contributed by atoms with E-state index in [1.54, 1.807) is 0 Å². The Morgan fingerprint density at radius 1 is 1.75 bits per heavy atom. The van der Waals surface area contributed by atoms with Gasteiger partial charge in [-0.15, -0.1) is 0 Å². The molecule has 0 saturated heterocycles. The molecule has 1 aromatic rings. The van der Waals surface area contributed by atoms with E-state index < -0.39 is 5.82 Å². The van der Waals surface area contributed by atoms with Crippen LogP contribution in [0, 0.1) is 17.2 Å². The minimum absolute atomic E-state index is 0.406. The first kappa shape index (κ1) is 5.03. The highest BCUT2D eigenvalue weighted by molar-refractivity contribution is 4.87. The second kappa shape index (κ2) is 1.78. The molecule has 0 atom stereocenters. The van der Waals surface area contributed by atoms with Crippen molar-refractivity contribution in [2.45, 2.75) is 0 Å². The van der Waals surface area contributed by atoms with Crippen LogP contribution in [0.25, 0.3) is 0 Å². The molecular formula is C5H3FNO. The predicted octanol–water partition coefficient (Wildman–Crippen LogP) is 0.259. The molecule has 1 heterocycles. The molecule has 0 spiro atoms. The second-order valence-electron chi connectivity index (χ2n) is 1.30. The van der Waals surface area contributed by atoms with Gasteiger partial charge >= 0.3 is 0 Å². The number of nitrogens with zero attached hydrogens (tertiary/aromatic N) is 1. The lowest BCUT2D eigenvalue weighted by molar-refractivity contribution is -0.610. The maximum Gasteiger partial charge on any atom is 0.292 e. The van der Waals surface area contributed by atoms with Crippen LogP contribution < -0.4 is 4.73 Å². The molecule has 1 rings (SSSR count). The highest BCUT2D eigenvalue weighted by atomic mass is 19.1. The van der Waals surface area contributed by atoms with Gasteiger partial charge in [-0.1, -0.05) is 0 Å². The molecule has 3 heteroatoms. The van der Waals surface area contributed by atoms with Crippen LogP contribution in [-0.2, 0) is 0 Å². The number of rotatable bonds is 0. The van der Waals surface area contributed by atoms with E-state index in [0.29, 0.717) is 4.73 Å². The molecule has 0 aromatic carbocycles. The summed E-state index contributed by atoms with van der Waals surface area (Å²) in [4.78, 5) is 0. The van der Waals surface area contributed by atoms with Gasteiger partial charge < -0.3 is 5.21 Å². The van der Waals surface area contributed by atoms with Gasteiger partial charge in [-0.25, -0.2) is 4.39 Å². The van der Waals surface area contributed by atoms with Gasteiger partial charge in [0.05, 0.1) is 6.07 Å². The van der Waals surface area contributed by atoms with Crippen molar-refractivity contribution >= 4 is 0 Å². The fourth-order valence-electron chi connectivity index (χ4n) is 0.355. The van der Waals surface area contributed by atoms with Crippen molar-refractivity contribution in [3.8, 4) is 0 Å². The second-order valence-corrected chi connectivity index (χ2v) is 1.30. The Kier molecular flexibility index (Phi) is 1.12. The zero-order chi connectivity index (χ0) is 5.98. The fraction of sp³-hybridized carbons (Fsp3) is 0. The Hall–Kier alpha value is -1.12. The normalized spacial score (nSPS) is 9.12. The average Bonchev–Trinajstić information content (AvgIpc) is 1.77. The molecule has 0 aliphatic carbocycles. The Balaban J connectivity index is 3.03. The fourth-order valence-corrected chi connectivity index (χ4v) is 0.355. The van der Waals surface area contributed by atoms with Crippen LogP contribution in [0.1, 0.15) is 0 Å². The SMILES string of the molecule is [O-][n+]1[c]cc(F)cc1. The first-order valence-corrected chi connectivity index (χ1v) is 2.05. The highest BCUT2D eigenvalue weighted by Crippen LogP contribution is 1.86. The summed E-state index contributed by atoms with van der Waals surface area (Å²) < 4.78 is 12.3. The van der Waals surface area contributed by atoms with E-state index >= 15 is 0 Å². The maximum absolute atomic E-state index is 11.9. The molecule has 0 saturated carbocycles. The van der Waals surface area contributed by atoms with E-state index in [9.17, 15) is 9.60 Å². The van der Waals surface area contributed by atoms with Crippen LogP contribution in [0.4, 0.5) is 4.39 Å². The number of hydrogen-bond acceptors (Lipinski definition) is 1. The first-order chi connectivity index (χ1) is 3.79. The highest BCUT2D eigenvalue weighted by Gasteiger charge is 1.89. The summed E-state index contributed by atoms with van der Waals surface area (Å²) in [5.41, 5.74) is 0. The summed E-state index contributed by atoms with van der Waals surface area (Å²) in [6, 6.07) is 2.05. The molecule has 2 nitrogen and oxygen atoms in total. The third kappa shape index (κ3) is 0.932. The monoisotopic (exact) mass is 112 g/mol. The van der Waals surface area contributed by atoms with Crippen molar-refractivity contribution in [3.63, 3.8) is 0 Å². The minimum atomic E-state index is -0.447. The van der Waals surface area contributed by atoms with Crippen molar-refractivity contribution in [3.05, 3.63) is 35.6 Å².